The number of sulfonamides is 1. The zero-order chi connectivity index (χ0) is 18.6. The molecule has 8 nitrogen and oxygen atoms in total. The lowest BCUT2D eigenvalue weighted by Gasteiger charge is -2.19. The zero-order valence-electron chi connectivity index (χ0n) is 13.7. The Labute approximate surface area is 149 Å². The van der Waals surface area contributed by atoms with Crippen LogP contribution in [0, 0.1) is 0 Å². The molecule has 0 saturated carbocycles. The molecule has 0 bridgehead atoms. The van der Waals surface area contributed by atoms with Crippen LogP contribution in [0.4, 0.5) is 0 Å². The molecule has 0 aliphatic carbocycles. The molecular weight excluding hydrogens is 368 g/mol. The summed E-state index contributed by atoms with van der Waals surface area (Å²) in [6.45, 7) is 1.43. The lowest BCUT2D eigenvalue weighted by atomic mass is 10.1. The molecule has 1 N–H and O–H groups in total. The molecule has 0 fully saturated rings. The standard InChI is InChI=1S/C15H18N2O6S2/c1-3-25(21,22)16-12(8-9-24-2)15(20)23-17-13(18)10-6-4-5-7-11(10)14(17)19/h4-7,12,16H,3,8-9H2,1-2H3. The zero-order valence-corrected chi connectivity index (χ0v) is 15.4. The quantitative estimate of drug-likeness (QED) is 0.658. The summed E-state index contributed by atoms with van der Waals surface area (Å²) in [5.41, 5.74) is 0.269. The predicted octanol–water partition coefficient (Wildman–Crippen LogP) is 0.802. The Kier molecular flexibility index (Phi) is 6.20. The third-order valence-electron chi connectivity index (χ3n) is 3.54. The number of carbonyl (C=O) groups excluding carboxylic acids is 3. The molecule has 1 aliphatic heterocycles. The van der Waals surface area contributed by atoms with Crippen molar-refractivity contribution >= 4 is 39.6 Å². The van der Waals surface area contributed by atoms with Gasteiger partial charge in [-0.2, -0.15) is 11.8 Å². The van der Waals surface area contributed by atoms with Gasteiger partial charge in [0.25, 0.3) is 11.8 Å². The molecule has 1 aromatic carbocycles. The minimum atomic E-state index is -3.66. The molecule has 25 heavy (non-hydrogen) atoms. The van der Waals surface area contributed by atoms with Crippen LogP contribution in [-0.2, 0) is 19.7 Å². The molecule has 0 saturated heterocycles. The number of thioether (sulfide) groups is 1. The summed E-state index contributed by atoms with van der Waals surface area (Å²) in [6, 6.07) is 4.91. The Morgan fingerprint density at radius 2 is 1.80 bits per heavy atom. The third kappa shape index (κ3) is 4.39. The van der Waals surface area contributed by atoms with Gasteiger partial charge in [-0.3, -0.25) is 9.59 Å². The molecule has 0 radical (unpaired) electrons. The monoisotopic (exact) mass is 386 g/mol. The van der Waals surface area contributed by atoms with Crippen LogP contribution in [0.25, 0.3) is 0 Å². The maximum absolute atomic E-state index is 12.3. The van der Waals surface area contributed by atoms with Gasteiger partial charge in [-0.1, -0.05) is 17.2 Å². The van der Waals surface area contributed by atoms with E-state index in [1.54, 1.807) is 18.4 Å². The summed E-state index contributed by atoms with van der Waals surface area (Å²) < 4.78 is 25.7. The van der Waals surface area contributed by atoms with Crippen LogP contribution >= 0.6 is 11.8 Å². The molecule has 1 aromatic rings. The van der Waals surface area contributed by atoms with Gasteiger partial charge in [0.1, 0.15) is 6.04 Å². The Balaban J connectivity index is 2.15. The molecule has 1 atom stereocenters. The van der Waals surface area contributed by atoms with E-state index in [-0.39, 0.29) is 23.3 Å². The first-order valence-corrected chi connectivity index (χ1v) is 10.5. The van der Waals surface area contributed by atoms with E-state index in [0.717, 1.165) is 0 Å². The highest BCUT2D eigenvalue weighted by molar-refractivity contribution is 7.98. The number of hydroxylamine groups is 2. The fraction of sp³-hybridized carbons (Fsp3) is 0.400. The van der Waals surface area contributed by atoms with Crippen molar-refractivity contribution in [2.45, 2.75) is 19.4 Å². The molecule has 0 aromatic heterocycles. The number of benzene rings is 1. The number of imide groups is 1. The predicted molar refractivity (Wildman–Crippen MR) is 92.4 cm³/mol. The SMILES string of the molecule is CCS(=O)(=O)NC(CCSC)C(=O)ON1C(=O)c2ccccc2C1=O. The number of hydrogen-bond donors (Lipinski definition) is 1. The molecule has 2 rings (SSSR count). The number of carbonyl (C=O) groups is 3. The van der Waals surface area contributed by atoms with Gasteiger partial charge < -0.3 is 4.84 Å². The summed E-state index contributed by atoms with van der Waals surface area (Å²) in [5.74, 6) is -2.22. The van der Waals surface area contributed by atoms with Crippen molar-refractivity contribution in [1.29, 1.82) is 0 Å². The maximum atomic E-state index is 12.3. The van der Waals surface area contributed by atoms with E-state index in [0.29, 0.717) is 10.8 Å². The minimum Gasteiger partial charge on any atom is -0.328 e. The molecule has 10 heteroatoms. The molecule has 1 unspecified atom stereocenters. The highest BCUT2D eigenvalue weighted by Gasteiger charge is 2.40. The van der Waals surface area contributed by atoms with E-state index < -0.39 is 33.8 Å². The smallest absolute Gasteiger partial charge is 0.328 e. The van der Waals surface area contributed by atoms with E-state index in [1.165, 1.54) is 30.8 Å². The number of hydrogen-bond acceptors (Lipinski definition) is 7. The van der Waals surface area contributed by atoms with Crippen molar-refractivity contribution in [3.8, 4) is 0 Å². The second kappa shape index (κ2) is 7.98. The normalized spacial score (nSPS) is 15.2. The fourth-order valence-corrected chi connectivity index (χ4v) is 3.45. The average Bonchev–Trinajstić information content (AvgIpc) is 2.84. The lowest BCUT2D eigenvalue weighted by molar-refractivity contribution is -0.170. The molecule has 136 valence electrons. The van der Waals surface area contributed by atoms with Crippen LogP contribution in [0.1, 0.15) is 34.1 Å². The first-order chi connectivity index (χ1) is 11.8. The van der Waals surface area contributed by atoms with E-state index >= 15 is 0 Å². The van der Waals surface area contributed by atoms with E-state index in [2.05, 4.69) is 4.72 Å². The number of rotatable bonds is 8. The summed E-state index contributed by atoms with van der Waals surface area (Å²) in [5, 5.41) is 0.374. The molecule has 1 aliphatic rings. The Morgan fingerprint density at radius 3 is 2.28 bits per heavy atom. The summed E-state index contributed by atoms with van der Waals surface area (Å²) in [4.78, 5) is 41.7. The van der Waals surface area contributed by atoms with Gasteiger partial charge in [-0.05, 0) is 37.5 Å². The first-order valence-electron chi connectivity index (χ1n) is 7.49. The highest BCUT2D eigenvalue weighted by atomic mass is 32.2. The van der Waals surface area contributed by atoms with Gasteiger partial charge >= 0.3 is 5.97 Å². The van der Waals surface area contributed by atoms with Crippen molar-refractivity contribution in [1.82, 2.24) is 9.79 Å². The van der Waals surface area contributed by atoms with E-state index in [1.807, 2.05) is 0 Å². The summed E-state index contributed by atoms with van der Waals surface area (Å²) in [6.07, 6.45) is 1.98. The van der Waals surface area contributed by atoms with Crippen LogP contribution in [0.15, 0.2) is 24.3 Å². The number of amides is 2. The second-order valence-corrected chi connectivity index (χ2v) is 8.24. The largest absolute Gasteiger partial charge is 0.351 e. The van der Waals surface area contributed by atoms with Crippen LogP contribution in [-0.4, -0.2) is 55.1 Å². The van der Waals surface area contributed by atoms with Gasteiger partial charge in [0.2, 0.25) is 10.0 Å². The van der Waals surface area contributed by atoms with Crippen LogP contribution < -0.4 is 4.72 Å². The van der Waals surface area contributed by atoms with Gasteiger partial charge in [0.05, 0.1) is 16.9 Å². The van der Waals surface area contributed by atoms with Crippen molar-refractivity contribution in [2.24, 2.45) is 0 Å². The molecular formula is C15H18N2O6S2. The number of fused-ring (bicyclic) bond motifs is 1. The topological polar surface area (TPSA) is 110 Å². The maximum Gasteiger partial charge on any atom is 0.351 e. The van der Waals surface area contributed by atoms with E-state index in [9.17, 15) is 22.8 Å². The van der Waals surface area contributed by atoms with Crippen molar-refractivity contribution < 1.29 is 27.6 Å². The fourth-order valence-electron chi connectivity index (χ4n) is 2.16. The Morgan fingerprint density at radius 1 is 1.24 bits per heavy atom. The number of nitrogens with zero attached hydrogens (tertiary/aromatic N) is 1. The number of nitrogens with one attached hydrogen (secondary N) is 1. The molecule has 0 spiro atoms. The van der Waals surface area contributed by atoms with Gasteiger partial charge in [-0.15, -0.1) is 0 Å². The summed E-state index contributed by atoms with van der Waals surface area (Å²) in [7, 11) is -3.66. The average molecular weight is 386 g/mol. The molecule has 2 amide bonds. The van der Waals surface area contributed by atoms with E-state index in [4.69, 9.17) is 4.84 Å². The van der Waals surface area contributed by atoms with Crippen LogP contribution in [0.2, 0.25) is 0 Å². The van der Waals surface area contributed by atoms with Crippen molar-refractivity contribution in [2.75, 3.05) is 17.8 Å². The van der Waals surface area contributed by atoms with Crippen molar-refractivity contribution in [3.63, 3.8) is 0 Å². The minimum absolute atomic E-state index is 0.134. The van der Waals surface area contributed by atoms with Crippen molar-refractivity contribution in [3.05, 3.63) is 35.4 Å². The van der Waals surface area contributed by atoms with Gasteiger partial charge in [-0.25, -0.2) is 17.9 Å². The first kappa shape index (κ1) is 19.4. The Hall–Kier alpha value is -1.91. The van der Waals surface area contributed by atoms with Crippen LogP contribution in [0.3, 0.4) is 0 Å². The highest BCUT2D eigenvalue weighted by Crippen LogP contribution is 2.23. The lowest BCUT2D eigenvalue weighted by Crippen LogP contribution is -2.46. The second-order valence-electron chi connectivity index (χ2n) is 5.22. The Bertz CT molecular complexity index is 758. The van der Waals surface area contributed by atoms with Gasteiger partial charge in [0.15, 0.2) is 0 Å². The summed E-state index contributed by atoms with van der Waals surface area (Å²) >= 11 is 1.42. The van der Waals surface area contributed by atoms with Gasteiger partial charge in [0, 0.05) is 0 Å². The third-order valence-corrected chi connectivity index (χ3v) is 5.58. The molecule has 1 heterocycles. The van der Waals surface area contributed by atoms with Crippen LogP contribution in [0.5, 0.6) is 0 Å².